The second-order valence-electron chi connectivity index (χ2n) is 4.28. The Morgan fingerprint density at radius 3 is 2.56 bits per heavy atom. The fraction of sp³-hybridized carbons (Fsp3) is 0.214. The van der Waals surface area contributed by atoms with E-state index in [1.165, 1.54) is 6.07 Å². The molecule has 1 heterocycles. The molecular formula is C14H13BrFNO. The molecule has 1 atom stereocenters. The highest BCUT2D eigenvalue weighted by atomic mass is 79.9. The average molecular weight is 310 g/mol. The molecule has 0 aliphatic carbocycles. The highest BCUT2D eigenvalue weighted by molar-refractivity contribution is 9.10. The molecule has 0 amide bonds. The molecule has 0 aliphatic rings. The summed E-state index contributed by atoms with van der Waals surface area (Å²) in [5.41, 5.74) is 2.29. The number of nitrogens with zero attached hydrogens (tertiary/aromatic N) is 1. The molecule has 4 heteroatoms. The van der Waals surface area contributed by atoms with Crippen molar-refractivity contribution in [2.24, 2.45) is 0 Å². The van der Waals surface area contributed by atoms with E-state index >= 15 is 0 Å². The molecule has 1 N–H and O–H groups in total. The van der Waals surface area contributed by atoms with Crippen LogP contribution >= 0.6 is 15.9 Å². The first kappa shape index (κ1) is 13.2. The number of halogens is 2. The molecule has 1 aromatic heterocycles. The molecule has 18 heavy (non-hydrogen) atoms. The first-order chi connectivity index (χ1) is 8.49. The lowest BCUT2D eigenvalue weighted by Gasteiger charge is -2.15. The minimum absolute atomic E-state index is 0.287. The zero-order valence-electron chi connectivity index (χ0n) is 10.1. The van der Waals surface area contributed by atoms with Gasteiger partial charge < -0.3 is 5.11 Å². The summed E-state index contributed by atoms with van der Waals surface area (Å²) in [5, 5.41) is 10.2. The molecule has 1 unspecified atom stereocenters. The van der Waals surface area contributed by atoms with Crippen molar-refractivity contribution in [3.05, 3.63) is 63.1 Å². The van der Waals surface area contributed by atoms with Crippen LogP contribution in [-0.2, 0) is 0 Å². The Kier molecular flexibility index (Phi) is 3.78. The van der Waals surface area contributed by atoms with Gasteiger partial charge in [0, 0.05) is 16.2 Å². The van der Waals surface area contributed by atoms with E-state index in [9.17, 15) is 9.50 Å². The van der Waals surface area contributed by atoms with Crippen LogP contribution in [0.25, 0.3) is 0 Å². The molecule has 0 radical (unpaired) electrons. The fourth-order valence-electron chi connectivity index (χ4n) is 1.97. The van der Waals surface area contributed by atoms with E-state index in [1.54, 1.807) is 25.3 Å². The zero-order chi connectivity index (χ0) is 13.3. The molecule has 2 aromatic rings. The van der Waals surface area contributed by atoms with E-state index in [1.807, 2.05) is 13.0 Å². The minimum atomic E-state index is -1.04. The summed E-state index contributed by atoms with van der Waals surface area (Å²) in [7, 11) is 0. The SMILES string of the molecule is Cc1cc(C)c(C(O)c2ccc(Br)cn2)c(F)c1. The molecule has 0 bridgehead atoms. The Bertz CT molecular complexity index is 546. The van der Waals surface area contributed by atoms with Crippen LogP contribution in [0.15, 0.2) is 34.9 Å². The molecular weight excluding hydrogens is 297 g/mol. The number of pyridine rings is 1. The smallest absolute Gasteiger partial charge is 0.129 e. The topological polar surface area (TPSA) is 33.1 Å². The summed E-state index contributed by atoms with van der Waals surface area (Å²) in [5.74, 6) is -0.398. The van der Waals surface area contributed by atoms with Gasteiger partial charge in [0.2, 0.25) is 0 Å². The predicted octanol–water partition coefficient (Wildman–Crippen LogP) is 3.68. The van der Waals surface area contributed by atoms with Crippen molar-refractivity contribution in [1.82, 2.24) is 4.98 Å². The Balaban J connectivity index is 2.46. The second-order valence-corrected chi connectivity index (χ2v) is 5.20. The van der Waals surface area contributed by atoms with Crippen molar-refractivity contribution in [3.63, 3.8) is 0 Å². The second kappa shape index (κ2) is 5.16. The van der Waals surface area contributed by atoms with Crippen LogP contribution in [0.4, 0.5) is 4.39 Å². The van der Waals surface area contributed by atoms with Gasteiger partial charge in [-0.05, 0) is 59.1 Å². The van der Waals surface area contributed by atoms with Crippen LogP contribution < -0.4 is 0 Å². The number of hydrogen-bond acceptors (Lipinski definition) is 2. The van der Waals surface area contributed by atoms with Gasteiger partial charge in [-0.3, -0.25) is 4.98 Å². The number of aromatic nitrogens is 1. The summed E-state index contributed by atoms with van der Waals surface area (Å²) in [4.78, 5) is 4.10. The van der Waals surface area contributed by atoms with Gasteiger partial charge in [0.25, 0.3) is 0 Å². The van der Waals surface area contributed by atoms with Crippen LogP contribution in [0.1, 0.15) is 28.5 Å². The third kappa shape index (κ3) is 2.60. The fourth-order valence-corrected chi connectivity index (χ4v) is 2.20. The molecule has 0 fully saturated rings. The number of benzene rings is 1. The zero-order valence-corrected chi connectivity index (χ0v) is 11.7. The maximum absolute atomic E-state index is 13.9. The van der Waals surface area contributed by atoms with E-state index in [0.29, 0.717) is 5.69 Å². The average Bonchev–Trinajstić information content (AvgIpc) is 2.28. The molecule has 2 nitrogen and oxygen atoms in total. The van der Waals surface area contributed by atoms with Crippen LogP contribution in [0.3, 0.4) is 0 Å². The van der Waals surface area contributed by atoms with Gasteiger partial charge in [-0.1, -0.05) is 6.07 Å². The van der Waals surface area contributed by atoms with Gasteiger partial charge in [0.15, 0.2) is 0 Å². The van der Waals surface area contributed by atoms with Crippen molar-refractivity contribution in [2.45, 2.75) is 20.0 Å². The summed E-state index contributed by atoms with van der Waals surface area (Å²) in [6.45, 7) is 3.61. The first-order valence-corrected chi connectivity index (χ1v) is 6.34. The predicted molar refractivity (Wildman–Crippen MR) is 71.9 cm³/mol. The maximum atomic E-state index is 13.9. The Morgan fingerprint density at radius 1 is 1.28 bits per heavy atom. The van der Waals surface area contributed by atoms with E-state index < -0.39 is 11.9 Å². The van der Waals surface area contributed by atoms with Gasteiger partial charge in [-0.2, -0.15) is 0 Å². The molecule has 0 aliphatic heterocycles. The van der Waals surface area contributed by atoms with Crippen molar-refractivity contribution < 1.29 is 9.50 Å². The van der Waals surface area contributed by atoms with Gasteiger partial charge >= 0.3 is 0 Å². The van der Waals surface area contributed by atoms with Crippen LogP contribution in [0.2, 0.25) is 0 Å². The summed E-state index contributed by atoms with van der Waals surface area (Å²) in [6.07, 6.45) is 0.540. The van der Waals surface area contributed by atoms with E-state index in [-0.39, 0.29) is 5.56 Å². The number of hydrogen-bond donors (Lipinski definition) is 1. The van der Waals surface area contributed by atoms with E-state index in [4.69, 9.17) is 0 Å². The minimum Gasteiger partial charge on any atom is -0.382 e. The van der Waals surface area contributed by atoms with Crippen molar-refractivity contribution in [1.29, 1.82) is 0 Å². The normalized spacial score (nSPS) is 12.5. The molecule has 0 saturated heterocycles. The highest BCUT2D eigenvalue weighted by Crippen LogP contribution is 2.27. The summed E-state index contributed by atoms with van der Waals surface area (Å²) >= 11 is 3.27. The summed E-state index contributed by atoms with van der Waals surface area (Å²) < 4.78 is 14.7. The van der Waals surface area contributed by atoms with Crippen LogP contribution in [0.5, 0.6) is 0 Å². The molecule has 94 valence electrons. The molecule has 0 saturated carbocycles. The van der Waals surface area contributed by atoms with E-state index in [2.05, 4.69) is 20.9 Å². The lowest BCUT2D eigenvalue weighted by molar-refractivity contribution is 0.209. The quantitative estimate of drug-likeness (QED) is 0.918. The number of aliphatic hydroxyl groups is 1. The monoisotopic (exact) mass is 309 g/mol. The molecule has 0 spiro atoms. The van der Waals surface area contributed by atoms with Gasteiger partial charge in [0.1, 0.15) is 11.9 Å². The lowest BCUT2D eigenvalue weighted by Crippen LogP contribution is -2.07. The number of rotatable bonds is 2. The first-order valence-electron chi connectivity index (χ1n) is 5.55. The maximum Gasteiger partial charge on any atom is 0.129 e. The molecule has 1 aromatic carbocycles. The molecule has 2 rings (SSSR count). The standard InChI is InChI=1S/C14H13BrFNO/c1-8-5-9(2)13(11(16)6-8)14(18)12-4-3-10(15)7-17-12/h3-7,14,18H,1-2H3. The van der Waals surface area contributed by atoms with Crippen molar-refractivity contribution >= 4 is 15.9 Å². The Hall–Kier alpha value is -1.26. The lowest BCUT2D eigenvalue weighted by atomic mass is 9.98. The third-order valence-corrected chi connectivity index (χ3v) is 3.25. The van der Waals surface area contributed by atoms with Crippen molar-refractivity contribution in [2.75, 3.05) is 0 Å². The van der Waals surface area contributed by atoms with Gasteiger partial charge in [-0.15, -0.1) is 0 Å². The number of aryl methyl sites for hydroxylation is 2. The Morgan fingerprint density at radius 2 is 2.00 bits per heavy atom. The number of aliphatic hydroxyl groups excluding tert-OH is 1. The van der Waals surface area contributed by atoms with Gasteiger partial charge in [0.05, 0.1) is 5.69 Å². The van der Waals surface area contributed by atoms with Crippen LogP contribution in [0, 0.1) is 19.7 Å². The largest absolute Gasteiger partial charge is 0.382 e. The van der Waals surface area contributed by atoms with Crippen molar-refractivity contribution in [3.8, 4) is 0 Å². The van der Waals surface area contributed by atoms with E-state index in [0.717, 1.165) is 15.6 Å². The summed E-state index contributed by atoms with van der Waals surface area (Å²) in [6, 6.07) is 6.71. The van der Waals surface area contributed by atoms with Crippen LogP contribution in [-0.4, -0.2) is 10.1 Å². The Labute approximate surface area is 114 Å². The third-order valence-electron chi connectivity index (χ3n) is 2.78. The highest BCUT2D eigenvalue weighted by Gasteiger charge is 2.18. The van der Waals surface area contributed by atoms with Gasteiger partial charge in [-0.25, -0.2) is 4.39 Å².